The van der Waals surface area contributed by atoms with Gasteiger partial charge in [-0.2, -0.15) is 5.10 Å². The van der Waals surface area contributed by atoms with E-state index in [9.17, 15) is 4.79 Å². The van der Waals surface area contributed by atoms with Crippen molar-refractivity contribution in [2.24, 2.45) is 11.7 Å². The Balaban J connectivity index is 1.83. The first-order valence-corrected chi connectivity index (χ1v) is 6.33. The van der Waals surface area contributed by atoms with Crippen molar-refractivity contribution in [1.29, 1.82) is 0 Å². The number of hydrogen-bond acceptors (Lipinski definition) is 4. The number of hydrogen-bond donors (Lipinski definition) is 1. The second-order valence-corrected chi connectivity index (χ2v) is 5.12. The highest BCUT2D eigenvalue weighted by Gasteiger charge is 2.28. The zero-order valence-corrected chi connectivity index (χ0v) is 10.5. The van der Waals surface area contributed by atoms with E-state index >= 15 is 0 Å². The molecule has 1 saturated heterocycles. The van der Waals surface area contributed by atoms with Crippen molar-refractivity contribution in [3.05, 3.63) is 11.8 Å². The Hall–Kier alpha value is -1.40. The van der Waals surface area contributed by atoms with Gasteiger partial charge in [0.15, 0.2) is 0 Å². The minimum atomic E-state index is -0.416. The monoisotopic (exact) mass is 250 g/mol. The minimum Gasteiger partial charge on any atom is -0.381 e. The molecule has 1 aromatic rings. The number of carbonyl (C=O) groups is 1. The Morgan fingerprint density at radius 3 is 3.00 bits per heavy atom. The third kappa shape index (κ3) is 1.91. The van der Waals surface area contributed by atoms with Crippen molar-refractivity contribution in [1.82, 2.24) is 9.78 Å². The maximum atomic E-state index is 11.9. The summed E-state index contributed by atoms with van der Waals surface area (Å²) in [5.41, 5.74) is 6.84. The standard InChI is InChI=1S/C12H18N4O2/c1-15-11-5-9(4-8-6-18-7-8)14-16(11)3-2-10(13)12(15)17/h5,8,10H,2-4,6-7,13H2,1H3. The van der Waals surface area contributed by atoms with E-state index in [0.29, 0.717) is 18.9 Å². The van der Waals surface area contributed by atoms with E-state index in [-0.39, 0.29) is 5.91 Å². The van der Waals surface area contributed by atoms with Gasteiger partial charge in [0.2, 0.25) is 5.91 Å². The van der Waals surface area contributed by atoms with Crippen molar-refractivity contribution in [2.45, 2.75) is 25.4 Å². The molecule has 18 heavy (non-hydrogen) atoms. The molecular formula is C12H18N4O2. The Labute approximate surface area is 106 Å². The van der Waals surface area contributed by atoms with Crippen molar-refractivity contribution in [2.75, 3.05) is 25.2 Å². The average molecular weight is 250 g/mol. The number of carbonyl (C=O) groups excluding carboxylic acids is 1. The molecule has 0 bridgehead atoms. The van der Waals surface area contributed by atoms with Crippen LogP contribution < -0.4 is 10.6 Å². The first-order valence-electron chi connectivity index (χ1n) is 6.33. The van der Waals surface area contributed by atoms with Crippen LogP contribution in [0.5, 0.6) is 0 Å². The molecule has 0 spiro atoms. The number of rotatable bonds is 2. The van der Waals surface area contributed by atoms with Crippen LogP contribution in [0, 0.1) is 5.92 Å². The lowest BCUT2D eigenvalue weighted by Crippen LogP contribution is -2.40. The van der Waals surface area contributed by atoms with Gasteiger partial charge in [0.25, 0.3) is 0 Å². The van der Waals surface area contributed by atoms with Crippen molar-refractivity contribution < 1.29 is 9.53 Å². The molecule has 0 radical (unpaired) electrons. The summed E-state index contributed by atoms with van der Waals surface area (Å²) in [4.78, 5) is 13.6. The summed E-state index contributed by atoms with van der Waals surface area (Å²) in [6, 6.07) is 1.58. The number of aromatic nitrogens is 2. The zero-order valence-electron chi connectivity index (χ0n) is 10.5. The summed E-state index contributed by atoms with van der Waals surface area (Å²) in [5, 5.41) is 4.56. The fourth-order valence-electron chi connectivity index (χ4n) is 2.44. The van der Waals surface area contributed by atoms with Gasteiger partial charge in [0.1, 0.15) is 5.82 Å². The van der Waals surface area contributed by atoms with Gasteiger partial charge in [-0.15, -0.1) is 0 Å². The number of nitrogens with zero attached hydrogens (tertiary/aromatic N) is 3. The molecule has 2 aliphatic heterocycles. The number of fused-ring (bicyclic) bond motifs is 1. The summed E-state index contributed by atoms with van der Waals surface area (Å²) in [7, 11) is 1.76. The first-order chi connectivity index (χ1) is 8.65. The molecule has 6 heteroatoms. The van der Waals surface area contributed by atoms with Crippen LogP contribution >= 0.6 is 0 Å². The lowest BCUT2D eigenvalue weighted by atomic mass is 10.0. The Bertz CT molecular complexity index is 467. The number of aryl methyl sites for hydroxylation is 1. The Kier molecular flexibility index (Phi) is 2.83. The van der Waals surface area contributed by atoms with Crippen LogP contribution in [0.25, 0.3) is 0 Å². The molecule has 3 heterocycles. The quantitative estimate of drug-likeness (QED) is 0.786. The summed E-state index contributed by atoms with van der Waals surface area (Å²) in [6.45, 7) is 2.34. The zero-order chi connectivity index (χ0) is 12.7. The van der Waals surface area contributed by atoms with E-state index < -0.39 is 6.04 Å². The molecular weight excluding hydrogens is 232 g/mol. The first kappa shape index (κ1) is 11.7. The number of anilines is 1. The van der Waals surface area contributed by atoms with E-state index in [1.54, 1.807) is 11.9 Å². The lowest BCUT2D eigenvalue weighted by Gasteiger charge is -2.24. The van der Waals surface area contributed by atoms with Crippen LogP contribution in [0.1, 0.15) is 12.1 Å². The van der Waals surface area contributed by atoms with E-state index in [2.05, 4.69) is 5.10 Å². The van der Waals surface area contributed by atoms with Gasteiger partial charge in [-0.25, -0.2) is 4.68 Å². The minimum absolute atomic E-state index is 0.0350. The molecule has 1 aromatic heterocycles. The van der Waals surface area contributed by atoms with Crippen LogP contribution in [0.3, 0.4) is 0 Å². The van der Waals surface area contributed by atoms with Crippen molar-refractivity contribution in [3.8, 4) is 0 Å². The SMILES string of the molecule is CN1C(=O)C(N)CCn2nc(CC3COC3)cc21. The molecule has 0 aromatic carbocycles. The molecule has 3 rings (SSSR count). The third-order valence-corrected chi connectivity index (χ3v) is 3.66. The van der Waals surface area contributed by atoms with Gasteiger partial charge in [0, 0.05) is 25.6 Å². The molecule has 6 nitrogen and oxygen atoms in total. The molecule has 2 aliphatic rings. The maximum absolute atomic E-state index is 11.9. The van der Waals surface area contributed by atoms with E-state index in [1.807, 2.05) is 10.7 Å². The van der Waals surface area contributed by atoms with Gasteiger partial charge in [0.05, 0.1) is 24.9 Å². The number of ether oxygens (including phenoxy) is 1. The second-order valence-electron chi connectivity index (χ2n) is 5.12. The van der Waals surface area contributed by atoms with Crippen molar-refractivity contribution in [3.63, 3.8) is 0 Å². The molecule has 1 atom stereocenters. The molecule has 1 fully saturated rings. The number of nitrogens with two attached hydrogens (primary N) is 1. The smallest absolute Gasteiger partial charge is 0.244 e. The van der Waals surface area contributed by atoms with Gasteiger partial charge in [-0.1, -0.05) is 0 Å². The maximum Gasteiger partial charge on any atom is 0.244 e. The summed E-state index contributed by atoms with van der Waals surface area (Å²) in [6.07, 6.45) is 1.57. The predicted octanol–water partition coefficient (Wildman–Crippen LogP) is -0.234. The van der Waals surface area contributed by atoms with Crippen LogP contribution in [-0.4, -0.2) is 42.0 Å². The van der Waals surface area contributed by atoms with E-state index in [0.717, 1.165) is 31.1 Å². The van der Waals surface area contributed by atoms with Crippen LogP contribution in [-0.2, 0) is 22.5 Å². The molecule has 1 amide bonds. The van der Waals surface area contributed by atoms with Gasteiger partial charge < -0.3 is 10.5 Å². The normalized spacial score (nSPS) is 24.7. The third-order valence-electron chi connectivity index (χ3n) is 3.66. The van der Waals surface area contributed by atoms with E-state index in [4.69, 9.17) is 10.5 Å². The molecule has 0 aliphatic carbocycles. The Morgan fingerprint density at radius 1 is 1.56 bits per heavy atom. The van der Waals surface area contributed by atoms with Crippen LogP contribution in [0.4, 0.5) is 5.82 Å². The second kappa shape index (κ2) is 4.37. The molecule has 2 N–H and O–H groups in total. The van der Waals surface area contributed by atoms with Crippen LogP contribution in [0.15, 0.2) is 6.07 Å². The van der Waals surface area contributed by atoms with Crippen LogP contribution in [0.2, 0.25) is 0 Å². The number of amides is 1. The highest BCUT2D eigenvalue weighted by atomic mass is 16.5. The predicted molar refractivity (Wildman–Crippen MR) is 66.2 cm³/mol. The van der Waals surface area contributed by atoms with E-state index in [1.165, 1.54) is 0 Å². The van der Waals surface area contributed by atoms with Crippen molar-refractivity contribution >= 4 is 11.7 Å². The highest BCUT2D eigenvalue weighted by Crippen LogP contribution is 2.23. The average Bonchev–Trinajstić information content (AvgIpc) is 2.68. The summed E-state index contributed by atoms with van der Waals surface area (Å²) in [5.74, 6) is 1.39. The largest absolute Gasteiger partial charge is 0.381 e. The number of likely N-dealkylation sites (N-methyl/N-ethyl adjacent to an activating group) is 1. The van der Waals surface area contributed by atoms with Gasteiger partial charge >= 0.3 is 0 Å². The summed E-state index contributed by atoms with van der Waals surface area (Å²) < 4.78 is 7.05. The topological polar surface area (TPSA) is 73.4 Å². The Morgan fingerprint density at radius 2 is 2.33 bits per heavy atom. The molecule has 98 valence electrons. The highest BCUT2D eigenvalue weighted by molar-refractivity contribution is 5.96. The molecule has 1 unspecified atom stereocenters. The van der Waals surface area contributed by atoms with Gasteiger partial charge in [-0.3, -0.25) is 9.69 Å². The fraction of sp³-hybridized carbons (Fsp3) is 0.667. The fourth-order valence-corrected chi connectivity index (χ4v) is 2.44. The lowest BCUT2D eigenvalue weighted by molar-refractivity contribution is -0.119. The molecule has 0 saturated carbocycles. The summed E-state index contributed by atoms with van der Waals surface area (Å²) >= 11 is 0. The van der Waals surface area contributed by atoms with Gasteiger partial charge in [-0.05, 0) is 12.8 Å².